The van der Waals surface area contributed by atoms with Gasteiger partial charge in [0.2, 0.25) is 0 Å². The molecule has 4 N–H and O–H groups in total. The van der Waals surface area contributed by atoms with Gasteiger partial charge in [-0.2, -0.15) is 0 Å². The summed E-state index contributed by atoms with van der Waals surface area (Å²) in [6.07, 6.45) is 1.83. The molecule has 0 aliphatic carbocycles. The molecule has 0 aliphatic rings. The molecule has 0 saturated heterocycles. The minimum atomic E-state index is -0.210. The van der Waals surface area contributed by atoms with Crippen LogP contribution in [0.3, 0.4) is 0 Å². The number of carbonyl (C=O) groups is 1. The molecule has 21 heavy (non-hydrogen) atoms. The third-order valence-corrected chi connectivity index (χ3v) is 3.54. The summed E-state index contributed by atoms with van der Waals surface area (Å²) in [6, 6.07) is 17.1. The Hall–Kier alpha value is -2.59. The van der Waals surface area contributed by atoms with Crippen molar-refractivity contribution < 1.29 is 4.79 Å². The van der Waals surface area contributed by atoms with Crippen molar-refractivity contribution in [1.82, 2.24) is 10.3 Å². The number of para-hydroxylation sites is 1. The number of amides is 1. The molecular weight excluding hydrogens is 262 g/mol. The fourth-order valence-electron chi connectivity index (χ4n) is 2.39. The number of carbonyl (C=O) groups excluding carboxylic acids is 1. The molecule has 0 spiro atoms. The molecule has 1 amide bonds. The Balaban J connectivity index is 1.71. The Labute approximate surface area is 123 Å². The third-order valence-electron chi connectivity index (χ3n) is 3.54. The highest BCUT2D eigenvalue weighted by molar-refractivity contribution is 6.05. The monoisotopic (exact) mass is 279 g/mol. The molecule has 0 radical (unpaired) electrons. The number of nitrogens with two attached hydrogens (primary N) is 1. The Bertz CT molecular complexity index is 749. The number of fused-ring (bicyclic) bond motifs is 1. The first-order chi connectivity index (χ1) is 10.3. The number of H-pyrrole nitrogens is 1. The van der Waals surface area contributed by atoms with Crippen molar-refractivity contribution in [2.24, 2.45) is 5.73 Å². The van der Waals surface area contributed by atoms with Crippen LogP contribution in [0.15, 0.2) is 60.8 Å². The van der Waals surface area contributed by atoms with E-state index >= 15 is 0 Å². The lowest BCUT2D eigenvalue weighted by Gasteiger charge is -2.13. The molecule has 0 bridgehead atoms. The number of nitrogens with one attached hydrogen (secondary N) is 2. The van der Waals surface area contributed by atoms with Gasteiger partial charge in [-0.05, 0) is 17.7 Å². The smallest absolute Gasteiger partial charge is 0.253 e. The highest BCUT2D eigenvalue weighted by Gasteiger charge is 2.12. The molecule has 0 saturated carbocycles. The SMILES string of the molecule is NC(CNC(=O)c1cccc2cc[nH]c12)c1ccccc1. The van der Waals surface area contributed by atoms with Crippen LogP contribution in [0, 0.1) is 0 Å². The Morgan fingerprint density at radius 3 is 2.71 bits per heavy atom. The lowest BCUT2D eigenvalue weighted by Crippen LogP contribution is -2.32. The van der Waals surface area contributed by atoms with Crippen LogP contribution in [0.4, 0.5) is 0 Å². The van der Waals surface area contributed by atoms with Gasteiger partial charge in [0.25, 0.3) is 5.91 Å². The van der Waals surface area contributed by atoms with E-state index in [1.165, 1.54) is 0 Å². The van der Waals surface area contributed by atoms with Crippen LogP contribution in [0.2, 0.25) is 0 Å². The van der Waals surface area contributed by atoms with Gasteiger partial charge in [0.15, 0.2) is 0 Å². The van der Waals surface area contributed by atoms with Crippen molar-refractivity contribution >= 4 is 16.8 Å². The molecule has 4 heteroatoms. The zero-order valence-electron chi connectivity index (χ0n) is 11.5. The van der Waals surface area contributed by atoms with Crippen LogP contribution in [0.1, 0.15) is 22.0 Å². The van der Waals surface area contributed by atoms with Crippen LogP contribution in [-0.4, -0.2) is 17.4 Å². The molecule has 106 valence electrons. The zero-order chi connectivity index (χ0) is 14.7. The summed E-state index contributed by atoms with van der Waals surface area (Å²) in [6.45, 7) is 0.403. The molecule has 3 aromatic rings. The summed E-state index contributed by atoms with van der Waals surface area (Å²) in [4.78, 5) is 15.4. The fraction of sp³-hybridized carbons (Fsp3) is 0.118. The molecule has 4 nitrogen and oxygen atoms in total. The number of aromatic amines is 1. The van der Waals surface area contributed by atoms with E-state index in [4.69, 9.17) is 5.73 Å². The second-order valence-electron chi connectivity index (χ2n) is 4.97. The molecule has 1 heterocycles. The number of rotatable bonds is 4. The van der Waals surface area contributed by atoms with E-state index in [0.29, 0.717) is 12.1 Å². The molecule has 0 aliphatic heterocycles. The van der Waals surface area contributed by atoms with Gasteiger partial charge < -0.3 is 16.0 Å². The minimum Gasteiger partial charge on any atom is -0.361 e. The first-order valence-corrected chi connectivity index (χ1v) is 6.90. The van der Waals surface area contributed by atoms with E-state index in [9.17, 15) is 4.79 Å². The first-order valence-electron chi connectivity index (χ1n) is 6.90. The quantitative estimate of drug-likeness (QED) is 0.687. The van der Waals surface area contributed by atoms with Gasteiger partial charge in [-0.25, -0.2) is 0 Å². The second-order valence-corrected chi connectivity index (χ2v) is 4.97. The normalized spacial score (nSPS) is 12.2. The van der Waals surface area contributed by atoms with E-state index in [-0.39, 0.29) is 11.9 Å². The van der Waals surface area contributed by atoms with Crippen LogP contribution < -0.4 is 11.1 Å². The van der Waals surface area contributed by atoms with Crippen LogP contribution in [0.5, 0.6) is 0 Å². The maximum absolute atomic E-state index is 12.3. The lowest BCUT2D eigenvalue weighted by molar-refractivity contribution is 0.0952. The largest absolute Gasteiger partial charge is 0.361 e. The number of aromatic nitrogens is 1. The summed E-state index contributed by atoms with van der Waals surface area (Å²) in [5.41, 5.74) is 8.59. The van der Waals surface area contributed by atoms with Crippen LogP contribution >= 0.6 is 0 Å². The van der Waals surface area contributed by atoms with Crippen molar-refractivity contribution in [3.63, 3.8) is 0 Å². The highest BCUT2D eigenvalue weighted by Crippen LogP contribution is 2.17. The average molecular weight is 279 g/mol. The number of hydrogen-bond acceptors (Lipinski definition) is 2. The van der Waals surface area contributed by atoms with Gasteiger partial charge in [-0.1, -0.05) is 42.5 Å². The lowest BCUT2D eigenvalue weighted by atomic mass is 10.1. The van der Waals surface area contributed by atoms with E-state index in [1.54, 1.807) is 0 Å². The molecule has 0 fully saturated rings. The van der Waals surface area contributed by atoms with Gasteiger partial charge in [-0.3, -0.25) is 4.79 Å². The first kappa shape index (κ1) is 13.4. The summed E-state index contributed by atoms with van der Waals surface area (Å²) in [5.74, 6) is -0.116. The van der Waals surface area contributed by atoms with Gasteiger partial charge in [-0.15, -0.1) is 0 Å². The summed E-state index contributed by atoms with van der Waals surface area (Å²) in [7, 11) is 0. The van der Waals surface area contributed by atoms with Gasteiger partial charge in [0, 0.05) is 24.2 Å². The van der Waals surface area contributed by atoms with Crippen molar-refractivity contribution in [2.45, 2.75) is 6.04 Å². The topological polar surface area (TPSA) is 70.9 Å². The molecule has 3 rings (SSSR count). The number of benzene rings is 2. The molecule has 1 unspecified atom stereocenters. The maximum atomic E-state index is 12.3. The van der Waals surface area contributed by atoms with Gasteiger partial charge in [0.05, 0.1) is 11.1 Å². The average Bonchev–Trinajstić information content (AvgIpc) is 3.01. The number of hydrogen-bond donors (Lipinski definition) is 3. The summed E-state index contributed by atoms with van der Waals surface area (Å²) < 4.78 is 0. The Morgan fingerprint density at radius 1 is 1.10 bits per heavy atom. The van der Waals surface area contributed by atoms with E-state index in [2.05, 4.69) is 10.3 Å². The predicted octanol–water partition coefficient (Wildman–Crippen LogP) is 2.60. The van der Waals surface area contributed by atoms with E-state index in [1.807, 2.05) is 60.8 Å². The van der Waals surface area contributed by atoms with Crippen molar-refractivity contribution in [2.75, 3.05) is 6.54 Å². The van der Waals surface area contributed by atoms with Crippen molar-refractivity contribution in [3.05, 3.63) is 71.9 Å². The van der Waals surface area contributed by atoms with Crippen molar-refractivity contribution in [1.29, 1.82) is 0 Å². The standard InChI is InChI=1S/C17H17N3O/c18-15(12-5-2-1-3-6-12)11-20-17(21)14-8-4-7-13-9-10-19-16(13)14/h1-10,15,19H,11,18H2,(H,20,21). The Kier molecular flexibility index (Phi) is 3.71. The highest BCUT2D eigenvalue weighted by atomic mass is 16.1. The molecule has 2 aromatic carbocycles. The fourth-order valence-corrected chi connectivity index (χ4v) is 2.39. The molecular formula is C17H17N3O. The van der Waals surface area contributed by atoms with E-state index in [0.717, 1.165) is 16.5 Å². The van der Waals surface area contributed by atoms with Crippen molar-refractivity contribution in [3.8, 4) is 0 Å². The second kappa shape index (κ2) is 5.81. The predicted molar refractivity (Wildman–Crippen MR) is 84.0 cm³/mol. The third kappa shape index (κ3) is 2.80. The summed E-state index contributed by atoms with van der Waals surface area (Å²) >= 11 is 0. The van der Waals surface area contributed by atoms with Crippen LogP contribution in [0.25, 0.3) is 10.9 Å². The van der Waals surface area contributed by atoms with E-state index < -0.39 is 0 Å². The van der Waals surface area contributed by atoms with Gasteiger partial charge in [0.1, 0.15) is 0 Å². The summed E-state index contributed by atoms with van der Waals surface area (Å²) in [5, 5.41) is 3.92. The minimum absolute atomic E-state index is 0.116. The molecule has 1 atom stereocenters. The maximum Gasteiger partial charge on any atom is 0.253 e. The Morgan fingerprint density at radius 2 is 1.90 bits per heavy atom. The zero-order valence-corrected chi connectivity index (χ0v) is 11.5. The molecule has 1 aromatic heterocycles. The van der Waals surface area contributed by atoms with Gasteiger partial charge >= 0.3 is 0 Å². The van der Waals surface area contributed by atoms with Crippen LogP contribution in [-0.2, 0) is 0 Å².